The minimum atomic E-state index is -0.0868. The Morgan fingerprint density at radius 1 is 1.15 bits per heavy atom. The predicted octanol–water partition coefficient (Wildman–Crippen LogP) is 3.19. The van der Waals surface area contributed by atoms with Crippen LogP contribution in [0.4, 0.5) is 0 Å². The van der Waals surface area contributed by atoms with Crippen LogP contribution in [0.25, 0.3) is 0 Å². The zero-order valence-corrected chi connectivity index (χ0v) is 15.0. The van der Waals surface area contributed by atoms with Crippen molar-refractivity contribution in [2.75, 3.05) is 19.8 Å². The molecule has 1 amide bonds. The lowest BCUT2D eigenvalue weighted by Crippen LogP contribution is -2.50. The van der Waals surface area contributed by atoms with Crippen molar-refractivity contribution in [3.05, 3.63) is 65.7 Å². The number of nitrogens with one attached hydrogen (secondary N) is 1. The van der Waals surface area contributed by atoms with Gasteiger partial charge in [0.1, 0.15) is 18.5 Å². The van der Waals surface area contributed by atoms with E-state index in [1.54, 1.807) is 0 Å². The highest BCUT2D eigenvalue weighted by molar-refractivity contribution is 5.94. The minimum Gasteiger partial charge on any atom is -0.489 e. The average molecular weight is 355 g/mol. The first kappa shape index (κ1) is 18.4. The molecule has 0 bridgehead atoms. The van der Waals surface area contributed by atoms with Crippen LogP contribution in [-0.2, 0) is 16.1 Å². The lowest BCUT2D eigenvalue weighted by atomic mass is 10.0. The summed E-state index contributed by atoms with van der Waals surface area (Å²) in [4.78, 5) is 12.5. The van der Waals surface area contributed by atoms with E-state index in [-0.39, 0.29) is 18.1 Å². The topological polar surface area (TPSA) is 56.8 Å². The normalized spacial score (nSPS) is 19.7. The number of carbonyl (C=O) groups excluding carboxylic acids is 1. The Labute approximate surface area is 154 Å². The molecule has 26 heavy (non-hydrogen) atoms. The smallest absolute Gasteiger partial charge is 0.251 e. The van der Waals surface area contributed by atoms with Gasteiger partial charge in [-0.3, -0.25) is 4.79 Å². The van der Waals surface area contributed by atoms with Crippen molar-refractivity contribution in [1.29, 1.82) is 0 Å². The van der Waals surface area contributed by atoms with Crippen molar-refractivity contribution in [2.24, 2.45) is 0 Å². The van der Waals surface area contributed by atoms with Crippen molar-refractivity contribution in [2.45, 2.75) is 32.1 Å². The van der Waals surface area contributed by atoms with Crippen molar-refractivity contribution in [1.82, 2.24) is 5.32 Å². The Bertz CT molecular complexity index is 685. The summed E-state index contributed by atoms with van der Waals surface area (Å²) in [7, 11) is 0. The van der Waals surface area contributed by atoms with Gasteiger partial charge in [-0.1, -0.05) is 30.3 Å². The van der Waals surface area contributed by atoms with Crippen LogP contribution in [0, 0.1) is 0 Å². The number of benzene rings is 2. The monoisotopic (exact) mass is 355 g/mol. The molecule has 138 valence electrons. The zero-order valence-electron chi connectivity index (χ0n) is 15.0. The minimum absolute atomic E-state index is 0.0164. The number of hydrogen-bond donors (Lipinski definition) is 1. The van der Waals surface area contributed by atoms with Crippen molar-refractivity contribution >= 4 is 5.91 Å². The summed E-state index contributed by atoms with van der Waals surface area (Å²) in [5, 5.41) is 3.07. The number of para-hydroxylation sites is 1. The summed E-state index contributed by atoms with van der Waals surface area (Å²) < 4.78 is 16.8. The first-order valence-corrected chi connectivity index (χ1v) is 9.03. The van der Waals surface area contributed by atoms with E-state index >= 15 is 0 Å². The fraction of sp³-hybridized carbons (Fsp3) is 0.381. The third-order valence-corrected chi connectivity index (χ3v) is 4.37. The van der Waals surface area contributed by atoms with E-state index < -0.39 is 0 Å². The second kappa shape index (κ2) is 9.36. The number of hydrogen-bond acceptors (Lipinski definition) is 4. The van der Waals surface area contributed by atoms with Gasteiger partial charge in [0, 0.05) is 18.8 Å². The van der Waals surface area contributed by atoms with E-state index in [2.05, 4.69) is 5.32 Å². The number of amides is 1. The summed E-state index contributed by atoms with van der Waals surface area (Å²) in [5.74, 6) is 0.743. The molecule has 1 fully saturated rings. The van der Waals surface area contributed by atoms with Gasteiger partial charge in [-0.15, -0.1) is 0 Å². The molecular formula is C21H25NO4. The first-order valence-electron chi connectivity index (χ1n) is 9.03. The van der Waals surface area contributed by atoms with Crippen molar-refractivity contribution < 1.29 is 19.0 Å². The zero-order chi connectivity index (χ0) is 18.2. The van der Waals surface area contributed by atoms with Crippen LogP contribution in [0.2, 0.25) is 0 Å². The molecule has 1 aliphatic heterocycles. The highest BCUT2D eigenvalue weighted by atomic mass is 16.5. The summed E-state index contributed by atoms with van der Waals surface area (Å²) in [6.45, 7) is 4.19. The molecule has 0 radical (unpaired) electrons. The molecule has 1 saturated heterocycles. The van der Waals surface area contributed by atoms with E-state index in [0.29, 0.717) is 32.0 Å². The number of carbonyl (C=O) groups is 1. The standard InChI is InChI=1S/C21H25NO4/c1-2-25-20-15-24-13-12-19(20)22-21(23)17-10-8-16(9-11-17)14-26-18-6-4-3-5-7-18/h3-11,19-20H,2,12-15H2,1H3,(H,22,23)/t19-,20-/m1/s1. The van der Waals surface area contributed by atoms with Crippen LogP contribution in [-0.4, -0.2) is 37.9 Å². The van der Waals surface area contributed by atoms with Crippen LogP contribution in [0.15, 0.2) is 54.6 Å². The van der Waals surface area contributed by atoms with Gasteiger partial charge in [0.2, 0.25) is 0 Å². The fourth-order valence-electron chi connectivity index (χ4n) is 2.94. The molecule has 5 nitrogen and oxygen atoms in total. The van der Waals surface area contributed by atoms with E-state index in [1.165, 1.54) is 0 Å². The molecule has 0 aromatic heterocycles. The number of ether oxygens (including phenoxy) is 3. The second-order valence-corrected chi connectivity index (χ2v) is 6.24. The lowest BCUT2D eigenvalue weighted by Gasteiger charge is -2.31. The molecule has 5 heteroatoms. The van der Waals surface area contributed by atoms with Gasteiger partial charge in [-0.25, -0.2) is 0 Å². The predicted molar refractivity (Wildman–Crippen MR) is 99.3 cm³/mol. The molecule has 2 aromatic carbocycles. The molecule has 1 heterocycles. The van der Waals surface area contributed by atoms with Crippen LogP contribution in [0.1, 0.15) is 29.3 Å². The van der Waals surface area contributed by atoms with Crippen LogP contribution < -0.4 is 10.1 Å². The molecular weight excluding hydrogens is 330 g/mol. The molecule has 2 aromatic rings. The molecule has 3 rings (SSSR count). The molecule has 0 saturated carbocycles. The molecule has 1 aliphatic rings. The quantitative estimate of drug-likeness (QED) is 0.829. The SMILES string of the molecule is CCO[C@@H]1COCC[C@H]1NC(=O)c1ccc(COc2ccccc2)cc1. The Balaban J connectivity index is 1.54. The van der Waals surface area contributed by atoms with Gasteiger partial charge in [0.15, 0.2) is 0 Å². The molecule has 0 aliphatic carbocycles. The average Bonchev–Trinajstić information content (AvgIpc) is 2.69. The maximum absolute atomic E-state index is 12.5. The highest BCUT2D eigenvalue weighted by Crippen LogP contribution is 2.14. The van der Waals surface area contributed by atoms with Gasteiger partial charge in [0.05, 0.1) is 12.6 Å². The van der Waals surface area contributed by atoms with Gasteiger partial charge in [-0.2, -0.15) is 0 Å². The summed E-state index contributed by atoms with van der Waals surface area (Å²) in [5.41, 5.74) is 1.65. The van der Waals surface area contributed by atoms with Gasteiger partial charge in [-0.05, 0) is 43.2 Å². The van der Waals surface area contributed by atoms with E-state index in [1.807, 2.05) is 61.5 Å². The molecule has 0 spiro atoms. The van der Waals surface area contributed by atoms with Gasteiger partial charge in [0.25, 0.3) is 5.91 Å². The summed E-state index contributed by atoms with van der Waals surface area (Å²) in [6, 6.07) is 17.1. The van der Waals surface area contributed by atoms with E-state index in [4.69, 9.17) is 14.2 Å². The van der Waals surface area contributed by atoms with E-state index in [9.17, 15) is 4.79 Å². The summed E-state index contributed by atoms with van der Waals surface area (Å²) >= 11 is 0. The van der Waals surface area contributed by atoms with Crippen molar-refractivity contribution in [3.63, 3.8) is 0 Å². The van der Waals surface area contributed by atoms with E-state index in [0.717, 1.165) is 17.7 Å². The second-order valence-electron chi connectivity index (χ2n) is 6.24. The molecule has 0 unspecified atom stereocenters. The van der Waals surface area contributed by atoms with Gasteiger partial charge >= 0.3 is 0 Å². The third-order valence-electron chi connectivity index (χ3n) is 4.37. The van der Waals surface area contributed by atoms with Crippen LogP contribution in [0.3, 0.4) is 0 Å². The Morgan fingerprint density at radius 2 is 1.92 bits per heavy atom. The third kappa shape index (κ3) is 5.07. The summed E-state index contributed by atoms with van der Waals surface area (Å²) in [6.07, 6.45) is 0.676. The number of rotatable bonds is 7. The fourth-order valence-corrected chi connectivity index (χ4v) is 2.94. The van der Waals surface area contributed by atoms with Crippen LogP contribution in [0.5, 0.6) is 5.75 Å². The highest BCUT2D eigenvalue weighted by Gasteiger charge is 2.27. The molecule has 2 atom stereocenters. The first-order chi connectivity index (χ1) is 12.8. The van der Waals surface area contributed by atoms with Gasteiger partial charge < -0.3 is 19.5 Å². The molecule has 1 N–H and O–H groups in total. The lowest BCUT2D eigenvalue weighted by molar-refractivity contribution is -0.0632. The Hall–Kier alpha value is -2.37. The Morgan fingerprint density at radius 3 is 2.65 bits per heavy atom. The largest absolute Gasteiger partial charge is 0.489 e. The van der Waals surface area contributed by atoms with Crippen LogP contribution >= 0.6 is 0 Å². The maximum atomic E-state index is 12.5. The van der Waals surface area contributed by atoms with Crippen molar-refractivity contribution in [3.8, 4) is 5.75 Å². The maximum Gasteiger partial charge on any atom is 0.251 e. The Kier molecular flexibility index (Phi) is 6.63.